The van der Waals surface area contributed by atoms with E-state index in [2.05, 4.69) is 0 Å². The van der Waals surface area contributed by atoms with Crippen LogP contribution in [0, 0.1) is 11.8 Å². The Morgan fingerprint density at radius 2 is 2.42 bits per heavy atom. The Bertz CT molecular complexity index is 185. The third-order valence-electron chi connectivity index (χ3n) is 2.62. The summed E-state index contributed by atoms with van der Waals surface area (Å²) in [6.07, 6.45) is 2.36. The molecule has 12 heavy (non-hydrogen) atoms. The first-order valence-electron chi connectivity index (χ1n) is 4.29. The van der Waals surface area contributed by atoms with E-state index in [1.165, 1.54) is 5.75 Å². The summed E-state index contributed by atoms with van der Waals surface area (Å²) in [4.78, 5) is 10.2. The van der Waals surface area contributed by atoms with E-state index in [-0.39, 0.29) is 0 Å². The summed E-state index contributed by atoms with van der Waals surface area (Å²) < 4.78 is 0. The van der Waals surface area contributed by atoms with Crippen LogP contribution in [-0.4, -0.2) is 22.1 Å². The van der Waals surface area contributed by atoms with E-state index in [1.54, 1.807) is 0 Å². The topological polar surface area (TPSA) is 37.3 Å². The highest BCUT2D eigenvalue weighted by atomic mass is 33.1. The molecule has 1 saturated carbocycles. The van der Waals surface area contributed by atoms with E-state index in [9.17, 15) is 4.79 Å². The summed E-state index contributed by atoms with van der Waals surface area (Å²) in [5.41, 5.74) is 0. The Kier molecular flexibility index (Phi) is 2.55. The van der Waals surface area contributed by atoms with E-state index in [0.29, 0.717) is 6.42 Å². The van der Waals surface area contributed by atoms with Crippen molar-refractivity contribution in [2.24, 2.45) is 11.8 Å². The van der Waals surface area contributed by atoms with Crippen LogP contribution in [0.4, 0.5) is 0 Å². The fourth-order valence-electron chi connectivity index (χ4n) is 1.83. The SMILES string of the molecule is O=C(O)CCCC1C2CSSC12. The van der Waals surface area contributed by atoms with E-state index < -0.39 is 5.97 Å². The normalized spacial score (nSPS) is 37.8. The van der Waals surface area contributed by atoms with Crippen molar-refractivity contribution in [2.45, 2.75) is 24.5 Å². The molecule has 3 atom stereocenters. The summed E-state index contributed by atoms with van der Waals surface area (Å²) in [6, 6.07) is 0. The summed E-state index contributed by atoms with van der Waals surface area (Å²) in [5, 5.41) is 9.32. The first-order chi connectivity index (χ1) is 5.79. The van der Waals surface area contributed by atoms with Crippen LogP contribution in [-0.2, 0) is 4.79 Å². The molecule has 1 heterocycles. The van der Waals surface area contributed by atoms with E-state index >= 15 is 0 Å². The van der Waals surface area contributed by atoms with Crippen LogP contribution in [0.3, 0.4) is 0 Å². The first kappa shape index (κ1) is 8.75. The molecule has 0 aromatic carbocycles. The molecule has 1 aliphatic heterocycles. The molecule has 1 aliphatic carbocycles. The highest BCUT2D eigenvalue weighted by Gasteiger charge is 2.53. The third kappa shape index (κ3) is 1.74. The van der Waals surface area contributed by atoms with Crippen LogP contribution in [0.15, 0.2) is 0 Å². The Hall–Kier alpha value is 0.170. The predicted molar refractivity (Wildman–Crippen MR) is 52.3 cm³/mol. The molecule has 0 spiro atoms. The monoisotopic (exact) mass is 204 g/mol. The molecule has 2 rings (SSSR count). The molecule has 0 aromatic rings. The Labute approximate surface area is 79.9 Å². The standard InChI is InChI=1S/C8H12O2S2/c9-7(10)3-1-2-5-6-4-11-12-8(5)6/h5-6,8H,1-4H2,(H,9,10). The fourth-order valence-corrected chi connectivity index (χ4v) is 5.67. The largest absolute Gasteiger partial charge is 0.481 e. The van der Waals surface area contributed by atoms with Crippen LogP contribution in [0.2, 0.25) is 0 Å². The van der Waals surface area contributed by atoms with Crippen LogP contribution < -0.4 is 0 Å². The maximum absolute atomic E-state index is 10.2. The van der Waals surface area contributed by atoms with Crippen molar-refractivity contribution in [1.82, 2.24) is 0 Å². The average Bonchev–Trinajstić information content (AvgIpc) is 2.49. The van der Waals surface area contributed by atoms with Crippen LogP contribution in [0.25, 0.3) is 0 Å². The Balaban J connectivity index is 1.61. The van der Waals surface area contributed by atoms with E-state index in [1.807, 2.05) is 21.6 Å². The van der Waals surface area contributed by atoms with Gasteiger partial charge in [-0.3, -0.25) is 4.79 Å². The van der Waals surface area contributed by atoms with Crippen LogP contribution in [0.5, 0.6) is 0 Å². The van der Waals surface area contributed by atoms with Gasteiger partial charge in [-0.25, -0.2) is 0 Å². The zero-order valence-electron chi connectivity index (χ0n) is 6.73. The van der Waals surface area contributed by atoms with Gasteiger partial charge in [0, 0.05) is 17.4 Å². The number of carbonyl (C=O) groups is 1. The lowest BCUT2D eigenvalue weighted by molar-refractivity contribution is -0.137. The van der Waals surface area contributed by atoms with Gasteiger partial charge in [0.05, 0.1) is 0 Å². The molecule has 0 amide bonds. The van der Waals surface area contributed by atoms with Crippen molar-refractivity contribution in [3.8, 4) is 0 Å². The second-order valence-corrected chi connectivity index (χ2v) is 6.05. The molecule has 4 heteroatoms. The lowest BCUT2D eigenvalue weighted by Gasteiger charge is -1.99. The Morgan fingerprint density at radius 1 is 1.58 bits per heavy atom. The minimum Gasteiger partial charge on any atom is -0.481 e. The molecule has 0 aromatic heterocycles. The number of aliphatic carboxylic acids is 1. The van der Waals surface area contributed by atoms with Gasteiger partial charge in [0.1, 0.15) is 0 Å². The van der Waals surface area contributed by atoms with Gasteiger partial charge in [0.2, 0.25) is 0 Å². The fraction of sp³-hybridized carbons (Fsp3) is 0.875. The molecule has 68 valence electrons. The smallest absolute Gasteiger partial charge is 0.303 e. The zero-order valence-corrected chi connectivity index (χ0v) is 8.37. The van der Waals surface area contributed by atoms with Gasteiger partial charge in [-0.1, -0.05) is 21.6 Å². The number of carboxylic acids is 1. The molecule has 1 saturated heterocycles. The minimum atomic E-state index is -0.650. The van der Waals surface area contributed by atoms with Gasteiger partial charge in [0.15, 0.2) is 0 Å². The van der Waals surface area contributed by atoms with Gasteiger partial charge in [-0.05, 0) is 24.7 Å². The van der Waals surface area contributed by atoms with Gasteiger partial charge < -0.3 is 5.11 Å². The van der Waals surface area contributed by atoms with Gasteiger partial charge in [0.25, 0.3) is 0 Å². The van der Waals surface area contributed by atoms with Gasteiger partial charge in [-0.2, -0.15) is 0 Å². The molecular weight excluding hydrogens is 192 g/mol. The maximum Gasteiger partial charge on any atom is 0.303 e. The number of carboxylic acid groups (broad SMARTS) is 1. The van der Waals surface area contributed by atoms with Crippen molar-refractivity contribution in [1.29, 1.82) is 0 Å². The molecule has 0 radical (unpaired) electrons. The third-order valence-corrected chi connectivity index (χ3v) is 5.68. The summed E-state index contributed by atoms with van der Waals surface area (Å²) in [5.74, 6) is 2.43. The number of rotatable bonds is 4. The van der Waals surface area contributed by atoms with Crippen molar-refractivity contribution in [2.75, 3.05) is 5.75 Å². The zero-order chi connectivity index (χ0) is 8.55. The molecule has 0 bridgehead atoms. The van der Waals surface area contributed by atoms with Crippen molar-refractivity contribution in [3.63, 3.8) is 0 Å². The Morgan fingerprint density at radius 3 is 3.00 bits per heavy atom. The van der Waals surface area contributed by atoms with Crippen molar-refractivity contribution < 1.29 is 9.90 Å². The molecule has 2 nitrogen and oxygen atoms in total. The lowest BCUT2D eigenvalue weighted by Crippen LogP contribution is -1.95. The number of fused-ring (bicyclic) bond motifs is 1. The number of hydrogen-bond donors (Lipinski definition) is 1. The maximum atomic E-state index is 10.2. The second kappa shape index (κ2) is 3.50. The lowest BCUT2D eigenvalue weighted by atomic mass is 10.1. The van der Waals surface area contributed by atoms with E-state index in [0.717, 1.165) is 29.9 Å². The molecule has 3 unspecified atom stereocenters. The van der Waals surface area contributed by atoms with Crippen molar-refractivity contribution in [3.05, 3.63) is 0 Å². The molecular formula is C8H12O2S2. The first-order valence-corrected chi connectivity index (χ1v) is 6.67. The average molecular weight is 204 g/mol. The number of hydrogen-bond acceptors (Lipinski definition) is 3. The quantitative estimate of drug-likeness (QED) is 0.713. The van der Waals surface area contributed by atoms with Crippen molar-refractivity contribution >= 4 is 27.6 Å². The highest BCUT2D eigenvalue weighted by Crippen LogP contribution is 2.62. The summed E-state index contributed by atoms with van der Waals surface area (Å²) in [7, 11) is 3.98. The van der Waals surface area contributed by atoms with Crippen LogP contribution >= 0.6 is 21.6 Å². The second-order valence-electron chi connectivity index (χ2n) is 3.46. The highest BCUT2D eigenvalue weighted by molar-refractivity contribution is 8.77. The van der Waals surface area contributed by atoms with Gasteiger partial charge >= 0.3 is 5.97 Å². The summed E-state index contributed by atoms with van der Waals surface area (Å²) >= 11 is 0. The molecule has 2 fully saturated rings. The molecule has 1 N–H and O–H groups in total. The minimum absolute atomic E-state index is 0.355. The van der Waals surface area contributed by atoms with E-state index in [4.69, 9.17) is 5.11 Å². The summed E-state index contributed by atoms with van der Waals surface area (Å²) in [6.45, 7) is 0. The van der Waals surface area contributed by atoms with Gasteiger partial charge in [-0.15, -0.1) is 0 Å². The predicted octanol–water partition coefficient (Wildman–Crippen LogP) is 2.25. The van der Waals surface area contributed by atoms with Crippen LogP contribution in [0.1, 0.15) is 19.3 Å². The molecule has 2 aliphatic rings.